The van der Waals surface area contributed by atoms with Crippen molar-refractivity contribution in [3.63, 3.8) is 0 Å². The van der Waals surface area contributed by atoms with Gasteiger partial charge in [-0.2, -0.15) is 0 Å². The Morgan fingerprint density at radius 3 is 3.04 bits per heavy atom. The van der Waals surface area contributed by atoms with Crippen molar-refractivity contribution >= 4 is 11.7 Å². The van der Waals surface area contributed by atoms with Gasteiger partial charge >= 0.3 is 0 Å². The van der Waals surface area contributed by atoms with E-state index in [1.54, 1.807) is 26.4 Å². The first kappa shape index (κ1) is 17.2. The average molecular weight is 345 g/mol. The van der Waals surface area contributed by atoms with Gasteiger partial charge in [0.05, 0.1) is 5.69 Å². The normalized spacial score (nSPS) is 17.6. The smallest absolute Gasteiger partial charge is 0.293 e. The zero-order valence-electron chi connectivity index (χ0n) is 14.8. The first-order valence-electron chi connectivity index (χ1n) is 8.53. The lowest BCUT2D eigenvalue weighted by Crippen LogP contribution is -2.49. The Kier molecular flexibility index (Phi) is 4.87. The fourth-order valence-electron chi connectivity index (χ4n) is 3.20. The SMILES string of the molecule is CCc1onc(C)c1C(=O)N[C@H]1CCCN(c2nccn(C)c2=O)C1. The molecule has 3 heterocycles. The third-order valence-corrected chi connectivity index (χ3v) is 4.54. The number of aromatic nitrogens is 3. The van der Waals surface area contributed by atoms with Gasteiger partial charge in [0.2, 0.25) is 0 Å². The first-order chi connectivity index (χ1) is 12.0. The molecule has 1 amide bonds. The van der Waals surface area contributed by atoms with Crippen molar-refractivity contribution < 1.29 is 9.32 Å². The Bertz CT molecular complexity index is 826. The lowest BCUT2D eigenvalue weighted by Gasteiger charge is -2.33. The van der Waals surface area contributed by atoms with E-state index in [2.05, 4.69) is 15.5 Å². The molecular weight excluding hydrogens is 322 g/mol. The van der Waals surface area contributed by atoms with Gasteiger partial charge in [-0.15, -0.1) is 0 Å². The maximum Gasteiger partial charge on any atom is 0.293 e. The van der Waals surface area contributed by atoms with Gasteiger partial charge in [0, 0.05) is 45.0 Å². The number of piperidine rings is 1. The molecule has 134 valence electrons. The van der Waals surface area contributed by atoms with E-state index in [4.69, 9.17) is 4.52 Å². The number of aryl methyl sites for hydroxylation is 3. The van der Waals surface area contributed by atoms with Gasteiger partial charge in [0.1, 0.15) is 11.3 Å². The Balaban J connectivity index is 1.74. The fourth-order valence-corrected chi connectivity index (χ4v) is 3.20. The molecule has 25 heavy (non-hydrogen) atoms. The molecule has 0 aromatic carbocycles. The molecule has 8 nitrogen and oxygen atoms in total. The van der Waals surface area contributed by atoms with Crippen LogP contribution in [0.4, 0.5) is 5.82 Å². The lowest BCUT2D eigenvalue weighted by molar-refractivity contribution is 0.0930. The highest BCUT2D eigenvalue weighted by atomic mass is 16.5. The molecule has 0 unspecified atom stereocenters. The summed E-state index contributed by atoms with van der Waals surface area (Å²) in [5.41, 5.74) is 0.992. The van der Waals surface area contributed by atoms with E-state index in [9.17, 15) is 9.59 Å². The second kappa shape index (κ2) is 7.08. The van der Waals surface area contributed by atoms with Crippen molar-refractivity contribution in [3.8, 4) is 0 Å². The summed E-state index contributed by atoms with van der Waals surface area (Å²) in [6, 6.07) is -0.0491. The summed E-state index contributed by atoms with van der Waals surface area (Å²) in [7, 11) is 1.71. The lowest BCUT2D eigenvalue weighted by atomic mass is 10.0. The topological polar surface area (TPSA) is 93.3 Å². The van der Waals surface area contributed by atoms with E-state index in [1.807, 2.05) is 11.8 Å². The van der Waals surface area contributed by atoms with Crippen molar-refractivity contribution in [1.82, 2.24) is 20.0 Å². The van der Waals surface area contributed by atoms with Gasteiger partial charge in [-0.05, 0) is 19.8 Å². The Labute approximate surface area is 145 Å². The largest absolute Gasteiger partial charge is 0.360 e. The van der Waals surface area contributed by atoms with Gasteiger partial charge < -0.3 is 19.3 Å². The number of nitrogens with zero attached hydrogens (tertiary/aromatic N) is 4. The van der Waals surface area contributed by atoms with Crippen molar-refractivity contribution in [3.05, 3.63) is 39.8 Å². The summed E-state index contributed by atoms with van der Waals surface area (Å²) in [6.45, 7) is 5.01. The van der Waals surface area contributed by atoms with Crippen LogP contribution < -0.4 is 15.8 Å². The van der Waals surface area contributed by atoms with E-state index in [1.165, 1.54) is 4.57 Å². The van der Waals surface area contributed by atoms with Gasteiger partial charge in [-0.1, -0.05) is 12.1 Å². The molecule has 3 rings (SSSR count). The first-order valence-corrected chi connectivity index (χ1v) is 8.53. The predicted molar refractivity (Wildman–Crippen MR) is 92.8 cm³/mol. The summed E-state index contributed by atoms with van der Waals surface area (Å²) in [6.07, 6.45) is 5.61. The van der Waals surface area contributed by atoms with Crippen LogP contribution in [0, 0.1) is 6.92 Å². The van der Waals surface area contributed by atoms with Gasteiger partial charge in [-0.3, -0.25) is 9.59 Å². The minimum Gasteiger partial charge on any atom is -0.360 e. The van der Waals surface area contributed by atoms with Crippen molar-refractivity contribution in [2.75, 3.05) is 18.0 Å². The molecule has 2 aromatic rings. The van der Waals surface area contributed by atoms with Crippen LogP contribution in [0.1, 0.15) is 41.6 Å². The molecule has 1 N–H and O–H groups in total. The molecule has 1 fully saturated rings. The van der Waals surface area contributed by atoms with Crippen LogP contribution >= 0.6 is 0 Å². The van der Waals surface area contributed by atoms with Gasteiger partial charge in [-0.25, -0.2) is 4.98 Å². The molecule has 2 aromatic heterocycles. The number of carbonyl (C=O) groups excluding carboxylic acids is 1. The third kappa shape index (κ3) is 3.42. The van der Waals surface area contributed by atoms with Gasteiger partial charge in [0.25, 0.3) is 11.5 Å². The highest BCUT2D eigenvalue weighted by molar-refractivity contribution is 5.96. The highest BCUT2D eigenvalue weighted by Crippen LogP contribution is 2.17. The van der Waals surface area contributed by atoms with Crippen LogP contribution in [0.2, 0.25) is 0 Å². The average Bonchev–Trinajstić information content (AvgIpc) is 2.98. The molecule has 0 spiro atoms. The number of nitrogens with one attached hydrogen (secondary N) is 1. The van der Waals surface area contributed by atoms with Crippen LogP contribution in [-0.4, -0.2) is 39.7 Å². The Morgan fingerprint density at radius 1 is 1.48 bits per heavy atom. The summed E-state index contributed by atoms with van der Waals surface area (Å²) < 4.78 is 6.71. The van der Waals surface area contributed by atoms with E-state index in [0.717, 1.165) is 19.4 Å². The molecule has 1 atom stereocenters. The number of rotatable bonds is 4. The van der Waals surface area contributed by atoms with Crippen molar-refractivity contribution in [2.24, 2.45) is 7.05 Å². The van der Waals surface area contributed by atoms with Crippen molar-refractivity contribution in [2.45, 2.75) is 39.2 Å². The monoisotopic (exact) mass is 345 g/mol. The summed E-state index contributed by atoms with van der Waals surface area (Å²) in [5.74, 6) is 0.858. The Morgan fingerprint density at radius 2 is 2.28 bits per heavy atom. The molecule has 1 saturated heterocycles. The van der Waals surface area contributed by atoms with E-state index < -0.39 is 0 Å². The molecule has 0 aliphatic carbocycles. The maximum absolute atomic E-state index is 12.6. The predicted octanol–water partition coefficient (Wildman–Crippen LogP) is 1.04. The quantitative estimate of drug-likeness (QED) is 0.890. The second-order valence-corrected chi connectivity index (χ2v) is 6.35. The molecule has 1 aliphatic rings. The zero-order chi connectivity index (χ0) is 18.0. The number of anilines is 1. The van der Waals surface area contributed by atoms with E-state index in [-0.39, 0.29) is 17.5 Å². The molecule has 0 saturated carbocycles. The van der Waals surface area contributed by atoms with Crippen LogP contribution in [0.3, 0.4) is 0 Å². The molecule has 0 radical (unpaired) electrons. The standard InChI is InChI=1S/C17H23N5O3/c1-4-13-14(11(2)20-25-13)16(23)19-12-6-5-8-22(10-12)15-17(24)21(3)9-7-18-15/h7,9,12H,4-6,8,10H2,1-3H3,(H,19,23)/t12-/m0/s1. The van der Waals surface area contributed by atoms with E-state index >= 15 is 0 Å². The van der Waals surface area contributed by atoms with Crippen LogP contribution in [0.25, 0.3) is 0 Å². The Hall–Kier alpha value is -2.64. The molecule has 8 heteroatoms. The summed E-state index contributed by atoms with van der Waals surface area (Å²) in [4.78, 5) is 31.1. The molecule has 0 bridgehead atoms. The number of hydrogen-bond donors (Lipinski definition) is 1. The second-order valence-electron chi connectivity index (χ2n) is 6.35. The van der Waals surface area contributed by atoms with Crippen LogP contribution in [0.15, 0.2) is 21.7 Å². The maximum atomic E-state index is 12.6. The molecule has 1 aliphatic heterocycles. The minimum absolute atomic E-state index is 0.0491. The summed E-state index contributed by atoms with van der Waals surface area (Å²) in [5, 5.41) is 6.94. The highest BCUT2D eigenvalue weighted by Gasteiger charge is 2.27. The minimum atomic E-state index is -0.170. The number of amides is 1. The van der Waals surface area contributed by atoms with Gasteiger partial charge in [0.15, 0.2) is 5.82 Å². The van der Waals surface area contributed by atoms with E-state index in [0.29, 0.717) is 35.8 Å². The third-order valence-electron chi connectivity index (χ3n) is 4.54. The number of hydrogen-bond acceptors (Lipinski definition) is 6. The zero-order valence-corrected chi connectivity index (χ0v) is 14.8. The number of carbonyl (C=O) groups is 1. The fraction of sp³-hybridized carbons (Fsp3) is 0.529. The van der Waals surface area contributed by atoms with Crippen LogP contribution in [0.5, 0.6) is 0 Å². The van der Waals surface area contributed by atoms with Crippen molar-refractivity contribution in [1.29, 1.82) is 0 Å². The summed E-state index contributed by atoms with van der Waals surface area (Å²) >= 11 is 0. The molecular formula is C17H23N5O3. The van der Waals surface area contributed by atoms with Crippen LogP contribution in [-0.2, 0) is 13.5 Å².